The van der Waals surface area contributed by atoms with Gasteiger partial charge in [-0.25, -0.2) is 0 Å². The van der Waals surface area contributed by atoms with Crippen LogP contribution in [-0.2, 0) is 9.53 Å². The molecule has 7 nitrogen and oxygen atoms in total. The fraction of sp³-hybridized carbons (Fsp3) is 0.278. The second-order valence-electron chi connectivity index (χ2n) is 5.45. The van der Waals surface area contributed by atoms with Crippen molar-refractivity contribution in [2.45, 2.75) is 20.1 Å². The SMILES string of the molecule is CCOc1c(I)cc([C@H]2OC(c3cccnc3)=NN2C(C)=O)cc1OC. The molecule has 1 aliphatic heterocycles. The number of carbonyl (C=O) groups excluding carboxylic acids is 1. The normalized spacial score (nSPS) is 16.1. The molecule has 0 spiro atoms. The van der Waals surface area contributed by atoms with Crippen molar-refractivity contribution in [3.63, 3.8) is 0 Å². The number of benzene rings is 1. The number of hydrogen-bond acceptors (Lipinski definition) is 6. The highest BCUT2D eigenvalue weighted by Crippen LogP contribution is 2.39. The van der Waals surface area contributed by atoms with Crippen molar-refractivity contribution in [3.8, 4) is 11.5 Å². The number of ether oxygens (including phenoxy) is 3. The molecule has 0 unspecified atom stereocenters. The third kappa shape index (κ3) is 3.59. The number of amides is 1. The van der Waals surface area contributed by atoms with E-state index in [4.69, 9.17) is 14.2 Å². The van der Waals surface area contributed by atoms with Crippen LogP contribution in [-0.4, -0.2) is 35.5 Å². The van der Waals surface area contributed by atoms with Crippen LogP contribution in [0.2, 0.25) is 0 Å². The van der Waals surface area contributed by atoms with E-state index < -0.39 is 6.23 Å². The maximum atomic E-state index is 12.1. The molecule has 0 fully saturated rings. The Labute approximate surface area is 165 Å². The van der Waals surface area contributed by atoms with Crippen molar-refractivity contribution in [2.24, 2.45) is 5.10 Å². The summed E-state index contributed by atoms with van der Waals surface area (Å²) in [7, 11) is 1.58. The fourth-order valence-electron chi connectivity index (χ4n) is 2.56. The van der Waals surface area contributed by atoms with E-state index in [1.807, 2.05) is 19.1 Å². The maximum absolute atomic E-state index is 12.1. The average molecular weight is 467 g/mol. The molecule has 0 N–H and O–H groups in total. The van der Waals surface area contributed by atoms with Gasteiger partial charge in [-0.3, -0.25) is 9.78 Å². The molecule has 2 aromatic rings. The van der Waals surface area contributed by atoms with E-state index in [1.54, 1.807) is 31.6 Å². The van der Waals surface area contributed by atoms with Crippen LogP contribution in [0.15, 0.2) is 41.8 Å². The second-order valence-corrected chi connectivity index (χ2v) is 6.61. The predicted octanol–water partition coefficient (Wildman–Crippen LogP) is 3.33. The smallest absolute Gasteiger partial charge is 0.243 e. The number of carbonyl (C=O) groups is 1. The van der Waals surface area contributed by atoms with E-state index in [2.05, 4.69) is 32.7 Å². The van der Waals surface area contributed by atoms with Gasteiger partial charge < -0.3 is 14.2 Å². The quantitative estimate of drug-likeness (QED) is 0.631. The van der Waals surface area contributed by atoms with Crippen LogP contribution < -0.4 is 9.47 Å². The van der Waals surface area contributed by atoms with Gasteiger partial charge in [-0.1, -0.05) is 0 Å². The molecule has 26 heavy (non-hydrogen) atoms. The van der Waals surface area contributed by atoms with Gasteiger partial charge in [0.05, 0.1) is 22.9 Å². The average Bonchev–Trinajstić information content (AvgIpc) is 3.10. The van der Waals surface area contributed by atoms with E-state index in [1.165, 1.54) is 11.9 Å². The molecule has 0 saturated carbocycles. The highest BCUT2D eigenvalue weighted by molar-refractivity contribution is 14.1. The molecule has 8 heteroatoms. The molecule has 2 heterocycles. The van der Waals surface area contributed by atoms with Gasteiger partial charge >= 0.3 is 0 Å². The molecule has 0 aliphatic carbocycles. The molecule has 1 aromatic carbocycles. The number of nitrogens with zero attached hydrogens (tertiary/aromatic N) is 3. The number of hydrazone groups is 1. The zero-order chi connectivity index (χ0) is 18.7. The first-order valence-electron chi connectivity index (χ1n) is 8.00. The van der Waals surface area contributed by atoms with Crippen LogP contribution in [0.25, 0.3) is 0 Å². The molecular formula is C18H18IN3O4. The lowest BCUT2D eigenvalue weighted by atomic mass is 10.1. The van der Waals surface area contributed by atoms with Gasteiger partial charge in [0.1, 0.15) is 0 Å². The molecule has 1 aromatic heterocycles. The van der Waals surface area contributed by atoms with Crippen LogP contribution in [0.1, 0.15) is 31.2 Å². The van der Waals surface area contributed by atoms with E-state index in [-0.39, 0.29) is 5.91 Å². The lowest BCUT2D eigenvalue weighted by Gasteiger charge is -2.21. The lowest BCUT2D eigenvalue weighted by Crippen LogP contribution is -2.25. The van der Waals surface area contributed by atoms with Crippen molar-refractivity contribution in [1.29, 1.82) is 0 Å². The monoisotopic (exact) mass is 467 g/mol. The maximum Gasteiger partial charge on any atom is 0.243 e. The van der Waals surface area contributed by atoms with Crippen LogP contribution in [0.5, 0.6) is 11.5 Å². The van der Waals surface area contributed by atoms with E-state index in [0.29, 0.717) is 29.6 Å². The summed E-state index contributed by atoms with van der Waals surface area (Å²) >= 11 is 2.17. The molecular weight excluding hydrogens is 449 g/mol. The third-order valence-corrected chi connectivity index (χ3v) is 4.50. The molecule has 1 atom stereocenters. The van der Waals surface area contributed by atoms with Crippen LogP contribution in [0.3, 0.4) is 0 Å². The predicted molar refractivity (Wildman–Crippen MR) is 104 cm³/mol. The highest BCUT2D eigenvalue weighted by atomic mass is 127. The molecule has 0 bridgehead atoms. The van der Waals surface area contributed by atoms with Crippen molar-refractivity contribution in [3.05, 3.63) is 51.4 Å². The standard InChI is InChI=1S/C18H18IN3O4/c1-4-25-16-14(19)8-13(9-15(16)24-3)18-22(11(2)23)21-17(26-18)12-6-5-7-20-10-12/h5-10,18H,4H2,1-3H3/t18-/m1/s1. The Kier molecular flexibility index (Phi) is 5.60. The fourth-order valence-corrected chi connectivity index (χ4v) is 3.34. The van der Waals surface area contributed by atoms with Gasteiger partial charge in [0.25, 0.3) is 0 Å². The summed E-state index contributed by atoms with van der Waals surface area (Å²) in [4.78, 5) is 16.1. The number of methoxy groups -OCH3 is 1. The Morgan fingerprint density at radius 3 is 2.85 bits per heavy atom. The summed E-state index contributed by atoms with van der Waals surface area (Å²) < 4.78 is 17.9. The summed E-state index contributed by atoms with van der Waals surface area (Å²) in [6.45, 7) is 3.89. The molecule has 1 amide bonds. The first kappa shape index (κ1) is 18.4. The Balaban J connectivity index is 1.98. The minimum absolute atomic E-state index is 0.225. The molecule has 3 rings (SSSR count). The van der Waals surface area contributed by atoms with E-state index in [0.717, 1.165) is 9.13 Å². The Bertz CT molecular complexity index is 842. The van der Waals surface area contributed by atoms with Gasteiger partial charge in [-0.15, -0.1) is 5.10 Å². The number of rotatable bonds is 5. The van der Waals surface area contributed by atoms with Crippen molar-refractivity contribution in [1.82, 2.24) is 9.99 Å². The zero-order valence-electron chi connectivity index (χ0n) is 14.6. The summed E-state index contributed by atoms with van der Waals surface area (Å²) in [5.41, 5.74) is 1.45. The van der Waals surface area contributed by atoms with E-state index >= 15 is 0 Å². The number of aromatic nitrogens is 1. The van der Waals surface area contributed by atoms with Crippen LogP contribution >= 0.6 is 22.6 Å². The zero-order valence-corrected chi connectivity index (χ0v) is 16.8. The minimum atomic E-state index is -0.680. The summed E-state index contributed by atoms with van der Waals surface area (Å²) in [6, 6.07) is 7.32. The number of pyridine rings is 1. The first-order chi connectivity index (χ1) is 12.5. The topological polar surface area (TPSA) is 73.3 Å². The minimum Gasteiger partial charge on any atom is -0.493 e. The second kappa shape index (κ2) is 7.90. The van der Waals surface area contributed by atoms with Crippen molar-refractivity contribution < 1.29 is 19.0 Å². The summed E-state index contributed by atoms with van der Waals surface area (Å²) in [5, 5.41) is 5.64. The summed E-state index contributed by atoms with van der Waals surface area (Å²) in [5.74, 6) is 1.37. The number of hydrogen-bond donors (Lipinski definition) is 0. The van der Waals surface area contributed by atoms with Crippen molar-refractivity contribution in [2.75, 3.05) is 13.7 Å². The Morgan fingerprint density at radius 1 is 1.42 bits per heavy atom. The Hall–Kier alpha value is -2.36. The summed E-state index contributed by atoms with van der Waals surface area (Å²) in [6.07, 6.45) is 2.63. The van der Waals surface area contributed by atoms with Crippen LogP contribution in [0.4, 0.5) is 0 Å². The van der Waals surface area contributed by atoms with Gasteiger partial charge in [0.2, 0.25) is 18.0 Å². The van der Waals surface area contributed by atoms with Gasteiger partial charge in [0.15, 0.2) is 11.5 Å². The Morgan fingerprint density at radius 2 is 2.23 bits per heavy atom. The van der Waals surface area contributed by atoms with Gasteiger partial charge in [0, 0.05) is 24.9 Å². The highest BCUT2D eigenvalue weighted by Gasteiger charge is 2.34. The van der Waals surface area contributed by atoms with Gasteiger partial charge in [-0.05, 0) is 53.8 Å². The van der Waals surface area contributed by atoms with E-state index in [9.17, 15) is 4.79 Å². The van der Waals surface area contributed by atoms with Crippen molar-refractivity contribution >= 4 is 34.4 Å². The van der Waals surface area contributed by atoms with Gasteiger partial charge in [-0.2, -0.15) is 5.01 Å². The molecule has 0 radical (unpaired) electrons. The lowest BCUT2D eigenvalue weighted by molar-refractivity contribution is -0.135. The molecule has 1 aliphatic rings. The third-order valence-electron chi connectivity index (χ3n) is 3.70. The molecule has 0 saturated heterocycles. The first-order valence-corrected chi connectivity index (χ1v) is 9.08. The largest absolute Gasteiger partial charge is 0.493 e. The van der Waals surface area contributed by atoms with Crippen LogP contribution in [0, 0.1) is 3.57 Å². The number of halogens is 1. The molecule has 136 valence electrons.